The topological polar surface area (TPSA) is 35.5 Å². The number of hydrogen-bond acceptors (Lipinski definition) is 3. The fourth-order valence-corrected chi connectivity index (χ4v) is 2.92. The van der Waals surface area contributed by atoms with Crippen molar-refractivity contribution < 1.29 is 14.3 Å². The van der Waals surface area contributed by atoms with E-state index in [9.17, 15) is 4.79 Å². The highest BCUT2D eigenvalue weighted by Crippen LogP contribution is 2.41. The van der Waals surface area contributed by atoms with Crippen LogP contribution in [-0.2, 0) is 9.47 Å². The first-order valence-corrected chi connectivity index (χ1v) is 6.92. The lowest BCUT2D eigenvalue weighted by Crippen LogP contribution is -2.35. The number of benzene rings is 1. The van der Waals surface area contributed by atoms with Crippen LogP contribution in [0.5, 0.6) is 0 Å². The van der Waals surface area contributed by atoms with Crippen molar-refractivity contribution in [3.05, 3.63) is 47.7 Å². The molecule has 1 heterocycles. The molecule has 3 rings (SSSR count). The van der Waals surface area contributed by atoms with Crippen molar-refractivity contribution in [1.82, 2.24) is 0 Å². The molecular formula is C16H18O3. The molecule has 0 radical (unpaired) electrons. The lowest BCUT2D eigenvalue weighted by Gasteiger charge is -2.34. The molecule has 1 fully saturated rings. The lowest BCUT2D eigenvalue weighted by molar-refractivity contribution is -0.0387. The molecule has 100 valence electrons. The Morgan fingerprint density at radius 2 is 1.84 bits per heavy atom. The van der Waals surface area contributed by atoms with Gasteiger partial charge < -0.3 is 9.47 Å². The van der Waals surface area contributed by atoms with Gasteiger partial charge in [0, 0.05) is 0 Å². The molecule has 2 aliphatic rings. The van der Waals surface area contributed by atoms with Gasteiger partial charge in [0.05, 0.1) is 12.2 Å². The maximum Gasteiger partial charge on any atom is 0.343 e. The number of hydrogen-bond donors (Lipinski definition) is 0. The van der Waals surface area contributed by atoms with Crippen molar-refractivity contribution >= 4 is 5.97 Å². The van der Waals surface area contributed by atoms with Crippen molar-refractivity contribution in [2.24, 2.45) is 0 Å². The molecule has 0 amide bonds. The van der Waals surface area contributed by atoms with Crippen LogP contribution in [0.15, 0.2) is 42.2 Å². The Balaban J connectivity index is 1.74. The minimum atomic E-state index is -0.331. The van der Waals surface area contributed by atoms with Crippen LogP contribution in [0.3, 0.4) is 0 Å². The normalized spacial score (nSPS) is 21.2. The molecule has 3 heteroatoms. The summed E-state index contributed by atoms with van der Waals surface area (Å²) in [6.45, 7) is 0.553. The third-order valence-electron chi connectivity index (χ3n) is 3.95. The van der Waals surface area contributed by atoms with E-state index in [1.165, 1.54) is 6.42 Å². The van der Waals surface area contributed by atoms with Gasteiger partial charge in [-0.1, -0.05) is 37.5 Å². The maximum atomic E-state index is 12.1. The SMILES string of the molecule is O=C(OC1=CCOC12CCCCC2)c1ccccc1. The summed E-state index contributed by atoms with van der Waals surface area (Å²) in [5.41, 5.74) is 0.254. The molecular weight excluding hydrogens is 240 g/mol. The Morgan fingerprint density at radius 3 is 2.58 bits per heavy atom. The molecule has 1 spiro atoms. The Labute approximate surface area is 113 Å². The van der Waals surface area contributed by atoms with E-state index in [4.69, 9.17) is 9.47 Å². The second-order valence-electron chi connectivity index (χ2n) is 5.19. The summed E-state index contributed by atoms with van der Waals surface area (Å²) in [6, 6.07) is 9.11. The quantitative estimate of drug-likeness (QED) is 0.762. The zero-order chi connectivity index (χ0) is 13.1. The highest BCUT2D eigenvalue weighted by Gasteiger charge is 2.42. The Kier molecular flexibility index (Phi) is 3.38. The van der Waals surface area contributed by atoms with Crippen LogP contribution >= 0.6 is 0 Å². The Morgan fingerprint density at radius 1 is 1.11 bits per heavy atom. The first kappa shape index (κ1) is 12.4. The molecule has 1 aromatic carbocycles. The van der Waals surface area contributed by atoms with Crippen LogP contribution in [0, 0.1) is 0 Å². The highest BCUT2D eigenvalue weighted by molar-refractivity contribution is 5.90. The van der Waals surface area contributed by atoms with Crippen LogP contribution in [0.25, 0.3) is 0 Å². The van der Waals surface area contributed by atoms with E-state index in [1.54, 1.807) is 12.1 Å². The fourth-order valence-electron chi connectivity index (χ4n) is 2.92. The van der Waals surface area contributed by atoms with Crippen LogP contribution in [0.4, 0.5) is 0 Å². The van der Waals surface area contributed by atoms with Gasteiger partial charge in [0.15, 0.2) is 0 Å². The van der Waals surface area contributed by atoms with Crippen LogP contribution in [0.2, 0.25) is 0 Å². The highest BCUT2D eigenvalue weighted by atomic mass is 16.6. The number of esters is 1. The molecule has 19 heavy (non-hydrogen) atoms. The van der Waals surface area contributed by atoms with Gasteiger partial charge in [-0.05, 0) is 31.1 Å². The van der Waals surface area contributed by atoms with Crippen molar-refractivity contribution in [2.75, 3.05) is 6.61 Å². The van der Waals surface area contributed by atoms with E-state index in [2.05, 4.69) is 0 Å². The monoisotopic (exact) mass is 258 g/mol. The van der Waals surface area contributed by atoms with Gasteiger partial charge in [-0.3, -0.25) is 0 Å². The van der Waals surface area contributed by atoms with Gasteiger partial charge in [-0.15, -0.1) is 0 Å². The standard InChI is InChI=1S/C16H18O3/c17-15(13-7-3-1-4-8-13)19-14-9-12-18-16(14)10-5-2-6-11-16/h1,3-4,7-9H,2,5-6,10-12H2. The van der Waals surface area contributed by atoms with E-state index in [-0.39, 0.29) is 11.6 Å². The molecule has 1 saturated carbocycles. The van der Waals surface area contributed by atoms with Gasteiger partial charge in [0.2, 0.25) is 0 Å². The number of carbonyl (C=O) groups is 1. The Hall–Kier alpha value is -1.61. The van der Waals surface area contributed by atoms with Crippen LogP contribution in [0.1, 0.15) is 42.5 Å². The van der Waals surface area contributed by atoms with Gasteiger partial charge in [0.1, 0.15) is 11.4 Å². The summed E-state index contributed by atoms with van der Waals surface area (Å²) >= 11 is 0. The molecule has 0 N–H and O–H groups in total. The van der Waals surface area contributed by atoms with E-state index < -0.39 is 0 Å². The van der Waals surface area contributed by atoms with Gasteiger partial charge >= 0.3 is 5.97 Å². The molecule has 1 aromatic rings. The summed E-state index contributed by atoms with van der Waals surface area (Å²) in [7, 11) is 0. The van der Waals surface area contributed by atoms with Crippen molar-refractivity contribution in [3.63, 3.8) is 0 Å². The van der Waals surface area contributed by atoms with E-state index in [1.807, 2.05) is 24.3 Å². The summed E-state index contributed by atoms with van der Waals surface area (Å²) in [5.74, 6) is 0.434. The molecule has 3 nitrogen and oxygen atoms in total. The first-order valence-electron chi connectivity index (χ1n) is 6.92. The second-order valence-corrected chi connectivity index (χ2v) is 5.19. The number of ether oxygens (including phenoxy) is 2. The molecule has 0 unspecified atom stereocenters. The summed E-state index contributed by atoms with van der Waals surface area (Å²) < 4.78 is 11.4. The summed E-state index contributed by atoms with van der Waals surface area (Å²) in [4.78, 5) is 12.1. The number of rotatable bonds is 2. The third kappa shape index (κ3) is 2.43. The zero-order valence-corrected chi connectivity index (χ0v) is 10.9. The van der Waals surface area contributed by atoms with Crippen molar-refractivity contribution in [2.45, 2.75) is 37.7 Å². The average Bonchev–Trinajstić information content (AvgIpc) is 2.83. The van der Waals surface area contributed by atoms with E-state index in [0.717, 1.165) is 31.4 Å². The van der Waals surface area contributed by atoms with E-state index in [0.29, 0.717) is 12.2 Å². The largest absolute Gasteiger partial charge is 0.425 e. The summed E-state index contributed by atoms with van der Waals surface area (Å²) in [6.07, 6.45) is 7.35. The smallest absolute Gasteiger partial charge is 0.343 e. The van der Waals surface area contributed by atoms with Gasteiger partial charge in [-0.2, -0.15) is 0 Å². The molecule has 0 bridgehead atoms. The van der Waals surface area contributed by atoms with Crippen molar-refractivity contribution in [3.8, 4) is 0 Å². The molecule has 1 aliphatic heterocycles. The number of carbonyl (C=O) groups excluding carboxylic acids is 1. The second kappa shape index (κ2) is 5.17. The van der Waals surface area contributed by atoms with Gasteiger partial charge in [0.25, 0.3) is 0 Å². The van der Waals surface area contributed by atoms with Crippen molar-refractivity contribution in [1.29, 1.82) is 0 Å². The fraction of sp³-hybridized carbons (Fsp3) is 0.438. The molecule has 0 saturated heterocycles. The van der Waals surface area contributed by atoms with E-state index >= 15 is 0 Å². The minimum Gasteiger partial charge on any atom is -0.425 e. The summed E-state index contributed by atoms with van der Waals surface area (Å²) in [5, 5.41) is 0. The predicted octanol–water partition coefficient (Wildman–Crippen LogP) is 3.46. The Bertz CT molecular complexity index is 484. The average molecular weight is 258 g/mol. The predicted molar refractivity (Wildman–Crippen MR) is 71.7 cm³/mol. The van der Waals surface area contributed by atoms with Crippen LogP contribution < -0.4 is 0 Å². The third-order valence-corrected chi connectivity index (χ3v) is 3.95. The van der Waals surface area contributed by atoms with Crippen LogP contribution in [-0.4, -0.2) is 18.2 Å². The molecule has 0 atom stereocenters. The lowest BCUT2D eigenvalue weighted by atomic mass is 9.84. The molecule has 1 aliphatic carbocycles. The van der Waals surface area contributed by atoms with Gasteiger partial charge in [-0.25, -0.2) is 4.79 Å². The minimum absolute atomic E-state index is 0.290. The zero-order valence-electron chi connectivity index (χ0n) is 10.9. The first-order chi connectivity index (χ1) is 9.30. The maximum absolute atomic E-state index is 12.1. The molecule has 0 aromatic heterocycles.